The first-order chi connectivity index (χ1) is 15.0. The Morgan fingerprint density at radius 3 is 2.23 bits per heavy atom. The number of halogens is 1. The Morgan fingerprint density at radius 1 is 0.839 bits per heavy atom. The normalized spacial score (nSPS) is 11.3. The summed E-state index contributed by atoms with van der Waals surface area (Å²) in [5.74, 6) is 0.854. The maximum atomic E-state index is 13.1. The molecule has 0 saturated heterocycles. The van der Waals surface area contributed by atoms with E-state index in [1.165, 1.54) is 30.6 Å². The molecular weight excluding hydrogens is 417 g/mol. The second kappa shape index (κ2) is 9.03. The van der Waals surface area contributed by atoms with E-state index in [1.807, 2.05) is 30.3 Å². The molecular formula is C23H18FN3O3S. The van der Waals surface area contributed by atoms with Crippen LogP contribution in [-0.4, -0.2) is 18.4 Å². The molecule has 1 heterocycles. The minimum Gasteiger partial charge on any atom is -0.457 e. The van der Waals surface area contributed by atoms with Crippen molar-refractivity contribution >= 4 is 10.0 Å². The van der Waals surface area contributed by atoms with E-state index >= 15 is 0 Å². The highest BCUT2D eigenvalue weighted by Gasteiger charge is 2.14. The molecule has 0 spiro atoms. The first-order valence-electron chi connectivity index (χ1n) is 9.39. The van der Waals surface area contributed by atoms with E-state index in [2.05, 4.69) is 14.7 Å². The third-order valence-corrected chi connectivity index (χ3v) is 5.84. The summed E-state index contributed by atoms with van der Waals surface area (Å²) in [4.78, 5) is 8.38. The molecule has 0 amide bonds. The molecule has 0 unspecified atom stereocenters. The van der Waals surface area contributed by atoms with Crippen LogP contribution < -0.4 is 9.46 Å². The van der Waals surface area contributed by atoms with E-state index in [9.17, 15) is 12.8 Å². The third-order valence-electron chi connectivity index (χ3n) is 4.42. The predicted octanol–water partition coefficient (Wildman–Crippen LogP) is 4.55. The Balaban J connectivity index is 1.43. The second-order valence-corrected chi connectivity index (χ2v) is 8.38. The maximum Gasteiger partial charge on any atom is 0.240 e. The molecule has 0 aliphatic heterocycles. The molecule has 0 fully saturated rings. The van der Waals surface area contributed by atoms with Crippen LogP contribution in [0.4, 0.5) is 4.39 Å². The van der Waals surface area contributed by atoms with Crippen molar-refractivity contribution in [2.24, 2.45) is 0 Å². The van der Waals surface area contributed by atoms with Crippen LogP contribution in [0.15, 0.2) is 96.2 Å². The molecule has 0 bridgehead atoms. The number of benzene rings is 3. The zero-order valence-electron chi connectivity index (χ0n) is 16.3. The van der Waals surface area contributed by atoms with Crippen molar-refractivity contribution in [3.05, 3.63) is 103 Å². The summed E-state index contributed by atoms with van der Waals surface area (Å²) in [5, 5.41) is 0. The van der Waals surface area contributed by atoms with Gasteiger partial charge in [-0.05, 0) is 66.7 Å². The standard InChI is InChI=1S/C23H18FN3O3S/c24-18-8-6-17(7-9-18)23-14-19(25-16-26-23)15-27-31(28,29)22-12-10-21(11-13-22)30-20-4-2-1-3-5-20/h1-14,16,27H,15H2. The number of ether oxygens (including phenoxy) is 1. The Bertz CT molecular complexity index is 1260. The molecule has 0 atom stereocenters. The Labute approximate surface area is 179 Å². The van der Waals surface area contributed by atoms with E-state index in [4.69, 9.17) is 4.74 Å². The maximum absolute atomic E-state index is 13.1. The van der Waals surface area contributed by atoms with Crippen LogP contribution in [-0.2, 0) is 16.6 Å². The molecule has 0 saturated carbocycles. The molecule has 156 valence electrons. The van der Waals surface area contributed by atoms with Crippen molar-refractivity contribution in [1.82, 2.24) is 14.7 Å². The highest BCUT2D eigenvalue weighted by Crippen LogP contribution is 2.23. The summed E-state index contributed by atoms with van der Waals surface area (Å²) >= 11 is 0. The van der Waals surface area contributed by atoms with Crippen molar-refractivity contribution in [1.29, 1.82) is 0 Å². The number of hydrogen-bond donors (Lipinski definition) is 1. The van der Waals surface area contributed by atoms with Gasteiger partial charge in [-0.1, -0.05) is 18.2 Å². The summed E-state index contributed by atoms with van der Waals surface area (Å²) in [5.41, 5.74) is 1.77. The fourth-order valence-corrected chi connectivity index (χ4v) is 3.84. The van der Waals surface area contributed by atoms with Gasteiger partial charge in [-0.15, -0.1) is 0 Å². The van der Waals surface area contributed by atoms with E-state index in [0.717, 1.165) is 0 Å². The van der Waals surface area contributed by atoms with E-state index in [0.29, 0.717) is 28.5 Å². The van der Waals surface area contributed by atoms with Crippen molar-refractivity contribution in [3.63, 3.8) is 0 Å². The lowest BCUT2D eigenvalue weighted by Crippen LogP contribution is -2.23. The predicted molar refractivity (Wildman–Crippen MR) is 114 cm³/mol. The zero-order valence-corrected chi connectivity index (χ0v) is 17.1. The molecule has 0 aliphatic rings. The van der Waals surface area contributed by atoms with Crippen molar-refractivity contribution in [2.75, 3.05) is 0 Å². The number of sulfonamides is 1. The molecule has 0 aliphatic carbocycles. The number of para-hydroxylation sites is 1. The number of nitrogens with one attached hydrogen (secondary N) is 1. The van der Waals surface area contributed by atoms with Crippen LogP contribution in [0.25, 0.3) is 11.3 Å². The highest BCUT2D eigenvalue weighted by atomic mass is 32.2. The van der Waals surface area contributed by atoms with Gasteiger partial charge < -0.3 is 4.74 Å². The molecule has 8 heteroatoms. The van der Waals surface area contributed by atoms with Gasteiger partial charge in [-0.25, -0.2) is 27.5 Å². The molecule has 4 rings (SSSR count). The van der Waals surface area contributed by atoms with Gasteiger partial charge >= 0.3 is 0 Å². The summed E-state index contributed by atoms with van der Waals surface area (Å²) in [6.07, 6.45) is 1.35. The summed E-state index contributed by atoms with van der Waals surface area (Å²) in [6.45, 7) is -0.0126. The molecule has 31 heavy (non-hydrogen) atoms. The Kier molecular flexibility index (Phi) is 6.01. The lowest BCUT2D eigenvalue weighted by Gasteiger charge is -2.09. The van der Waals surface area contributed by atoms with Crippen molar-refractivity contribution < 1.29 is 17.5 Å². The van der Waals surface area contributed by atoms with Crippen molar-refractivity contribution in [2.45, 2.75) is 11.4 Å². The third kappa shape index (κ3) is 5.30. The monoisotopic (exact) mass is 435 g/mol. The molecule has 3 aromatic carbocycles. The number of rotatable bonds is 7. The summed E-state index contributed by atoms with van der Waals surface area (Å²) in [6, 6.07) is 22.9. The number of nitrogens with zero attached hydrogens (tertiary/aromatic N) is 2. The van der Waals surface area contributed by atoms with Crippen LogP contribution in [0.1, 0.15) is 5.69 Å². The van der Waals surface area contributed by atoms with Crippen LogP contribution in [0, 0.1) is 5.82 Å². The van der Waals surface area contributed by atoms with Gasteiger partial charge in [0.2, 0.25) is 10.0 Å². The first kappa shape index (κ1) is 20.6. The largest absolute Gasteiger partial charge is 0.457 e. The summed E-state index contributed by atoms with van der Waals surface area (Å²) < 4.78 is 46.6. The zero-order chi connectivity index (χ0) is 21.7. The average Bonchev–Trinajstić information content (AvgIpc) is 2.80. The van der Waals surface area contributed by atoms with Gasteiger partial charge in [0.1, 0.15) is 23.6 Å². The minimum absolute atomic E-state index is 0.0126. The lowest BCUT2D eigenvalue weighted by atomic mass is 10.1. The second-order valence-electron chi connectivity index (χ2n) is 6.61. The molecule has 4 aromatic rings. The van der Waals surface area contributed by atoms with Gasteiger partial charge in [0, 0.05) is 5.56 Å². The van der Waals surface area contributed by atoms with Crippen molar-refractivity contribution in [3.8, 4) is 22.8 Å². The van der Waals surface area contributed by atoms with Crippen LogP contribution in [0.5, 0.6) is 11.5 Å². The number of aromatic nitrogens is 2. The van der Waals surface area contributed by atoms with E-state index in [-0.39, 0.29) is 17.3 Å². The van der Waals surface area contributed by atoms with E-state index in [1.54, 1.807) is 30.3 Å². The smallest absolute Gasteiger partial charge is 0.240 e. The average molecular weight is 435 g/mol. The van der Waals surface area contributed by atoms with Gasteiger partial charge in [0.15, 0.2) is 0 Å². The topological polar surface area (TPSA) is 81.2 Å². The Hall–Kier alpha value is -3.62. The quantitative estimate of drug-likeness (QED) is 0.461. The lowest BCUT2D eigenvalue weighted by molar-refractivity contribution is 0.482. The first-order valence-corrected chi connectivity index (χ1v) is 10.9. The van der Waals surface area contributed by atoms with Crippen LogP contribution in [0.3, 0.4) is 0 Å². The highest BCUT2D eigenvalue weighted by molar-refractivity contribution is 7.89. The van der Waals surface area contributed by atoms with Crippen LogP contribution >= 0.6 is 0 Å². The molecule has 1 aromatic heterocycles. The van der Waals surface area contributed by atoms with E-state index < -0.39 is 10.0 Å². The van der Waals surface area contributed by atoms with Gasteiger partial charge in [0.05, 0.1) is 22.8 Å². The van der Waals surface area contributed by atoms with Gasteiger partial charge in [-0.2, -0.15) is 0 Å². The summed E-state index contributed by atoms with van der Waals surface area (Å²) in [7, 11) is -3.75. The molecule has 1 N–H and O–H groups in total. The minimum atomic E-state index is -3.75. The fraction of sp³-hybridized carbons (Fsp3) is 0.0435. The molecule has 0 radical (unpaired) electrons. The Morgan fingerprint density at radius 2 is 1.52 bits per heavy atom. The fourth-order valence-electron chi connectivity index (χ4n) is 2.84. The number of hydrogen-bond acceptors (Lipinski definition) is 5. The SMILES string of the molecule is O=S(=O)(NCc1cc(-c2ccc(F)cc2)ncn1)c1ccc(Oc2ccccc2)cc1. The molecule has 6 nitrogen and oxygen atoms in total. The van der Waals surface area contributed by atoms with Gasteiger partial charge in [-0.3, -0.25) is 0 Å². The van der Waals surface area contributed by atoms with Gasteiger partial charge in [0.25, 0.3) is 0 Å². The van der Waals surface area contributed by atoms with Crippen LogP contribution in [0.2, 0.25) is 0 Å².